The summed E-state index contributed by atoms with van der Waals surface area (Å²) in [4.78, 5) is 0. The first-order valence-corrected chi connectivity index (χ1v) is 22.4. The van der Waals surface area contributed by atoms with E-state index >= 15 is 0 Å². The fourth-order valence-corrected chi connectivity index (χ4v) is 11.6. The third-order valence-electron chi connectivity index (χ3n) is 14.3. The van der Waals surface area contributed by atoms with Crippen molar-refractivity contribution >= 4 is 43.6 Å². The minimum atomic E-state index is 0.146. The third kappa shape index (κ3) is 5.08. The Morgan fingerprint density at radius 3 is 1.30 bits per heavy atom. The van der Waals surface area contributed by atoms with Gasteiger partial charge in [0.25, 0.3) is 0 Å². The van der Waals surface area contributed by atoms with Gasteiger partial charge in [-0.3, -0.25) is 0 Å². The predicted molar refractivity (Wildman–Crippen MR) is 266 cm³/mol. The molecule has 2 aromatic heterocycles. The number of hydrogen-bond donors (Lipinski definition) is 0. The van der Waals surface area contributed by atoms with Crippen LogP contribution < -0.4 is 0 Å². The zero-order valence-corrected chi connectivity index (χ0v) is 35.0. The molecule has 0 bridgehead atoms. The standard InChI is InChI=1S/C62H40N2/c1-4-25-51-45(19-1)46-20-2-5-26-52(46)62(51)42-31-33-54-55(37-42)47-21-3-6-27-53(47)61(54)41-17-13-15-39(35-41)40-16-14-18-43(36-40)63-59-30-12-9-24-50(59)56-38-44(32-34-60(56)63)64-57-28-10-7-22-48(57)49-23-8-11-29-58(49)64/h1-38,61-62H. The molecule has 0 aliphatic heterocycles. The Labute approximate surface area is 371 Å². The Balaban J connectivity index is 0.862. The van der Waals surface area contributed by atoms with E-state index in [0.717, 1.165) is 5.69 Å². The molecule has 2 nitrogen and oxygen atoms in total. The summed E-state index contributed by atoms with van der Waals surface area (Å²) in [6.45, 7) is 0. The molecule has 2 aliphatic carbocycles. The monoisotopic (exact) mass is 812 g/mol. The second kappa shape index (κ2) is 13.6. The first-order chi connectivity index (χ1) is 31.8. The van der Waals surface area contributed by atoms with Crippen LogP contribution in [-0.4, -0.2) is 9.13 Å². The second-order valence-electron chi connectivity index (χ2n) is 17.6. The lowest BCUT2D eigenvalue weighted by Gasteiger charge is -2.18. The number of para-hydroxylation sites is 3. The molecule has 0 saturated heterocycles. The quantitative estimate of drug-likeness (QED) is 0.164. The number of hydrogen-bond acceptors (Lipinski definition) is 0. The lowest BCUT2D eigenvalue weighted by molar-refractivity contribution is 0.994. The Kier molecular flexibility index (Phi) is 7.55. The van der Waals surface area contributed by atoms with E-state index in [1.54, 1.807) is 0 Å². The van der Waals surface area contributed by atoms with E-state index in [0.29, 0.717) is 0 Å². The average molecular weight is 813 g/mol. The summed E-state index contributed by atoms with van der Waals surface area (Å²) in [6, 6.07) is 85.9. The van der Waals surface area contributed by atoms with Crippen LogP contribution in [0.4, 0.5) is 0 Å². The highest BCUT2D eigenvalue weighted by Crippen LogP contribution is 2.53. The smallest absolute Gasteiger partial charge is 0.0542 e. The molecule has 12 aromatic rings. The van der Waals surface area contributed by atoms with Gasteiger partial charge in [0.15, 0.2) is 0 Å². The van der Waals surface area contributed by atoms with Gasteiger partial charge in [-0.15, -0.1) is 0 Å². The van der Waals surface area contributed by atoms with Gasteiger partial charge in [0, 0.05) is 44.8 Å². The van der Waals surface area contributed by atoms with Crippen LogP contribution in [0, 0.1) is 0 Å². The molecule has 2 heterocycles. The summed E-state index contributed by atoms with van der Waals surface area (Å²) in [7, 11) is 0. The van der Waals surface area contributed by atoms with E-state index in [9.17, 15) is 0 Å². The molecule has 0 spiro atoms. The van der Waals surface area contributed by atoms with Crippen molar-refractivity contribution in [3.05, 3.63) is 264 Å². The second-order valence-corrected chi connectivity index (χ2v) is 17.6. The molecule has 64 heavy (non-hydrogen) atoms. The van der Waals surface area contributed by atoms with E-state index in [2.05, 4.69) is 240 Å². The largest absolute Gasteiger partial charge is 0.309 e. The molecular formula is C62H40N2. The lowest BCUT2D eigenvalue weighted by Crippen LogP contribution is -2.02. The highest BCUT2D eigenvalue weighted by atomic mass is 15.0. The van der Waals surface area contributed by atoms with Crippen molar-refractivity contribution in [3.8, 4) is 44.8 Å². The summed E-state index contributed by atoms with van der Waals surface area (Å²) in [5.41, 5.74) is 23.2. The molecule has 0 N–H and O–H groups in total. The topological polar surface area (TPSA) is 9.86 Å². The first kappa shape index (κ1) is 35.4. The molecule has 298 valence electrons. The zero-order chi connectivity index (χ0) is 41.9. The summed E-state index contributed by atoms with van der Waals surface area (Å²) >= 11 is 0. The molecule has 1 unspecified atom stereocenters. The molecule has 1 atom stereocenters. The first-order valence-electron chi connectivity index (χ1n) is 22.4. The van der Waals surface area contributed by atoms with Crippen LogP contribution in [0.25, 0.3) is 88.4 Å². The summed E-state index contributed by atoms with van der Waals surface area (Å²) in [5.74, 6) is 0.365. The minimum absolute atomic E-state index is 0.146. The summed E-state index contributed by atoms with van der Waals surface area (Å²) < 4.78 is 4.85. The molecule has 2 aliphatic rings. The third-order valence-corrected chi connectivity index (χ3v) is 14.3. The molecule has 2 heteroatoms. The lowest BCUT2D eigenvalue weighted by atomic mass is 9.85. The Hall–Kier alpha value is -8.20. The van der Waals surface area contributed by atoms with Crippen molar-refractivity contribution in [1.29, 1.82) is 0 Å². The molecular weight excluding hydrogens is 773 g/mol. The van der Waals surface area contributed by atoms with Crippen molar-refractivity contribution in [3.63, 3.8) is 0 Å². The molecule has 0 saturated carbocycles. The normalized spacial score (nSPS) is 14.0. The van der Waals surface area contributed by atoms with Crippen LogP contribution in [0.1, 0.15) is 45.2 Å². The fourth-order valence-electron chi connectivity index (χ4n) is 11.6. The fraction of sp³-hybridized carbons (Fsp3) is 0.0323. The number of aromatic nitrogens is 2. The van der Waals surface area contributed by atoms with Crippen molar-refractivity contribution in [1.82, 2.24) is 9.13 Å². The Bertz CT molecular complexity index is 3780. The highest BCUT2D eigenvalue weighted by molar-refractivity contribution is 6.12. The SMILES string of the molecule is c1cc(-c2cccc(-n3c4ccccc4c4cc(-n5c6ccccc6c6ccccc65)ccc43)c2)cc(C2c3ccccc3-c3cc(C4c5ccccc5-c5ccccc54)ccc32)c1. The maximum Gasteiger partial charge on any atom is 0.0542 e. The van der Waals surface area contributed by atoms with Gasteiger partial charge in [0.05, 0.1) is 22.1 Å². The molecule has 14 rings (SSSR count). The molecule has 0 radical (unpaired) electrons. The van der Waals surface area contributed by atoms with E-state index in [1.807, 2.05) is 0 Å². The zero-order valence-electron chi connectivity index (χ0n) is 35.0. The van der Waals surface area contributed by atoms with Gasteiger partial charge in [-0.25, -0.2) is 0 Å². The van der Waals surface area contributed by atoms with Gasteiger partial charge in [0.1, 0.15) is 0 Å². The van der Waals surface area contributed by atoms with Crippen LogP contribution in [0.15, 0.2) is 231 Å². The van der Waals surface area contributed by atoms with Gasteiger partial charge >= 0.3 is 0 Å². The van der Waals surface area contributed by atoms with Crippen LogP contribution >= 0.6 is 0 Å². The van der Waals surface area contributed by atoms with Crippen molar-refractivity contribution in [2.75, 3.05) is 0 Å². The van der Waals surface area contributed by atoms with Crippen LogP contribution in [0.2, 0.25) is 0 Å². The summed E-state index contributed by atoms with van der Waals surface area (Å²) in [5, 5.41) is 5.03. The highest BCUT2D eigenvalue weighted by Gasteiger charge is 2.34. The van der Waals surface area contributed by atoms with Gasteiger partial charge in [-0.1, -0.05) is 176 Å². The van der Waals surface area contributed by atoms with Crippen molar-refractivity contribution in [2.45, 2.75) is 11.8 Å². The van der Waals surface area contributed by atoms with Crippen molar-refractivity contribution < 1.29 is 0 Å². The van der Waals surface area contributed by atoms with E-state index in [4.69, 9.17) is 0 Å². The van der Waals surface area contributed by atoms with Crippen LogP contribution in [0.5, 0.6) is 0 Å². The van der Waals surface area contributed by atoms with Gasteiger partial charge in [-0.05, 0) is 121 Å². The van der Waals surface area contributed by atoms with E-state index < -0.39 is 0 Å². The Morgan fingerprint density at radius 1 is 0.250 bits per heavy atom. The van der Waals surface area contributed by atoms with E-state index in [1.165, 1.54) is 116 Å². The number of benzene rings is 10. The van der Waals surface area contributed by atoms with Gasteiger partial charge in [-0.2, -0.15) is 0 Å². The van der Waals surface area contributed by atoms with Crippen LogP contribution in [-0.2, 0) is 0 Å². The Morgan fingerprint density at radius 2 is 0.688 bits per heavy atom. The number of nitrogens with zero attached hydrogens (tertiary/aromatic N) is 2. The van der Waals surface area contributed by atoms with Gasteiger partial charge < -0.3 is 9.13 Å². The van der Waals surface area contributed by atoms with Crippen LogP contribution in [0.3, 0.4) is 0 Å². The predicted octanol–water partition coefficient (Wildman–Crippen LogP) is 15.9. The average Bonchev–Trinajstić information content (AvgIpc) is 4.09. The maximum atomic E-state index is 2.49. The summed E-state index contributed by atoms with van der Waals surface area (Å²) in [6.07, 6.45) is 0. The molecule has 0 fully saturated rings. The maximum absolute atomic E-state index is 2.49. The number of rotatable bonds is 5. The van der Waals surface area contributed by atoms with Gasteiger partial charge in [0.2, 0.25) is 0 Å². The molecule has 0 amide bonds. The minimum Gasteiger partial charge on any atom is -0.309 e. The van der Waals surface area contributed by atoms with Crippen molar-refractivity contribution in [2.24, 2.45) is 0 Å². The molecule has 10 aromatic carbocycles. The number of fused-ring (bicyclic) bond motifs is 12. The van der Waals surface area contributed by atoms with E-state index in [-0.39, 0.29) is 11.8 Å².